The average Bonchev–Trinajstić information content (AvgIpc) is 2.26. The molecule has 0 saturated heterocycles. The monoisotopic (exact) mass is 327 g/mol. The zero-order valence-electron chi connectivity index (χ0n) is 9.47. The summed E-state index contributed by atoms with van der Waals surface area (Å²) in [5.41, 5.74) is 6.44. The number of ether oxygens (including phenoxy) is 2. The van der Waals surface area contributed by atoms with Gasteiger partial charge in [-0.25, -0.2) is 0 Å². The van der Waals surface area contributed by atoms with Crippen LogP contribution < -0.4 is 10.5 Å². The second-order valence-electron chi connectivity index (χ2n) is 3.53. The molecule has 1 aromatic rings. The van der Waals surface area contributed by atoms with E-state index in [1.54, 1.807) is 12.1 Å². The molecule has 0 aliphatic rings. The second-order valence-corrected chi connectivity index (χ2v) is 4.38. The van der Waals surface area contributed by atoms with Gasteiger partial charge in [0.25, 0.3) is 0 Å². The van der Waals surface area contributed by atoms with E-state index in [-0.39, 0.29) is 0 Å². The summed E-state index contributed by atoms with van der Waals surface area (Å²) in [7, 11) is 0. The molecule has 2 N–H and O–H groups in total. The third-order valence-corrected chi connectivity index (χ3v) is 2.61. The SMILES string of the molecule is NCCc1ccc(OCOCC(F)(F)F)c(Br)c1. The van der Waals surface area contributed by atoms with Crippen molar-refractivity contribution in [2.24, 2.45) is 5.73 Å². The first kappa shape index (κ1) is 15.3. The molecule has 0 bridgehead atoms. The zero-order chi connectivity index (χ0) is 13.6. The molecule has 18 heavy (non-hydrogen) atoms. The van der Waals surface area contributed by atoms with Gasteiger partial charge >= 0.3 is 6.18 Å². The molecule has 0 radical (unpaired) electrons. The molecule has 3 nitrogen and oxygen atoms in total. The summed E-state index contributed by atoms with van der Waals surface area (Å²) in [6.07, 6.45) is -3.62. The fourth-order valence-corrected chi connectivity index (χ4v) is 1.79. The highest BCUT2D eigenvalue weighted by Crippen LogP contribution is 2.26. The largest absolute Gasteiger partial charge is 0.466 e. The number of hydrogen-bond donors (Lipinski definition) is 1. The Balaban J connectivity index is 2.43. The number of alkyl halides is 3. The summed E-state index contributed by atoms with van der Waals surface area (Å²) in [4.78, 5) is 0. The summed E-state index contributed by atoms with van der Waals surface area (Å²) in [6, 6.07) is 5.27. The molecule has 0 aromatic heterocycles. The molecular formula is C11H13BrF3NO2. The third kappa shape index (κ3) is 5.70. The molecule has 0 atom stereocenters. The number of benzene rings is 1. The third-order valence-electron chi connectivity index (χ3n) is 1.99. The molecule has 0 fully saturated rings. The summed E-state index contributed by atoms with van der Waals surface area (Å²) in [5.74, 6) is 0.429. The minimum Gasteiger partial charge on any atom is -0.466 e. The lowest BCUT2D eigenvalue weighted by Gasteiger charge is -2.11. The van der Waals surface area contributed by atoms with Crippen LogP contribution in [0.3, 0.4) is 0 Å². The van der Waals surface area contributed by atoms with Gasteiger partial charge < -0.3 is 15.2 Å². The van der Waals surface area contributed by atoms with E-state index in [4.69, 9.17) is 10.5 Å². The molecule has 0 aliphatic carbocycles. The van der Waals surface area contributed by atoms with Crippen molar-refractivity contribution in [1.82, 2.24) is 0 Å². The van der Waals surface area contributed by atoms with Crippen molar-refractivity contribution in [3.05, 3.63) is 28.2 Å². The predicted octanol–water partition coefficient (Wildman–Crippen LogP) is 2.87. The first-order valence-corrected chi connectivity index (χ1v) is 5.97. The molecule has 1 rings (SSSR count). The molecule has 0 heterocycles. The van der Waals surface area contributed by atoms with Crippen molar-refractivity contribution in [2.45, 2.75) is 12.6 Å². The Kier molecular flexibility index (Phi) is 5.90. The normalized spacial score (nSPS) is 11.6. The molecule has 0 saturated carbocycles. The van der Waals surface area contributed by atoms with Gasteiger partial charge in [-0.3, -0.25) is 0 Å². The lowest BCUT2D eigenvalue weighted by Crippen LogP contribution is -2.19. The number of halogens is 4. The van der Waals surface area contributed by atoms with Gasteiger partial charge in [-0.15, -0.1) is 0 Å². The van der Waals surface area contributed by atoms with Gasteiger partial charge in [0.05, 0.1) is 4.47 Å². The molecule has 1 aromatic carbocycles. The van der Waals surface area contributed by atoms with Crippen LogP contribution in [0.1, 0.15) is 5.56 Å². The molecule has 0 unspecified atom stereocenters. The lowest BCUT2D eigenvalue weighted by molar-refractivity contribution is -0.186. The molecule has 0 aliphatic heterocycles. The maximum Gasteiger partial charge on any atom is 0.411 e. The van der Waals surface area contributed by atoms with Gasteiger partial charge in [0.15, 0.2) is 6.79 Å². The summed E-state index contributed by atoms with van der Waals surface area (Å²) in [5, 5.41) is 0. The smallest absolute Gasteiger partial charge is 0.411 e. The zero-order valence-corrected chi connectivity index (χ0v) is 11.1. The minimum absolute atomic E-state index is 0.429. The second kappa shape index (κ2) is 6.96. The fourth-order valence-electron chi connectivity index (χ4n) is 1.25. The number of nitrogens with two attached hydrogens (primary N) is 1. The van der Waals surface area contributed by atoms with Gasteiger partial charge in [0.1, 0.15) is 12.4 Å². The van der Waals surface area contributed by atoms with Crippen molar-refractivity contribution in [3.8, 4) is 5.75 Å². The van der Waals surface area contributed by atoms with Crippen molar-refractivity contribution in [1.29, 1.82) is 0 Å². The Hall–Kier alpha value is -0.790. The Morgan fingerprint density at radius 3 is 2.56 bits per heavy atom. The maximum absolute atomic E-state index is 11.8. The van der Waals surface area contributed by atoms with Gasteiger partial charge in [0.2, 0.25) is 0 Å². The Labute approximate surface area is 111 Å². The Morgan fingerprint density at radius 1 is 1.28 bits per heavy atom. The predicted molar refractivity (Wildman–Crippen MR) is 64.4 cm³/mol. The summed E-state index contributed by atoms with van der Waals surface area (Å²) < 4.78 is 45.5. The van der Waals surface area contributed by atoms with E-state index in [0.29, 0.717) is 16.8 Å². The molecule has 0 spiro atoms. The van der Waals surface area contributed by atoms with Gasteiger partial charge in [-0.1, -0.05) is 6.07 Å². The highest BCUT2D eigenvalue weighted by Gasteiger charge is 2.27. The van der Waals surface area contributed by atoms with Crippen molar-refractivity contribution < 1.29 is 22.6 Å². The highest BCUT2D eigenvalue weighted by atomic mass is 79.9. The van der Waals surface area contributed by atoms with Gasteiger partial charge in [0, 0.05) is 0 Å². The quantitative estimate of drug-likeness (QED) is 0.645. The standard InChI is InChI=1S/C11H13BrF3NO2/c12-9-5-8(3-4-16)1-2-10(9)18-7-17-6-11(13,14)15/h1-2,5H,3-4,6-7,16H2. The molecular weight excluding hydrogens is 315 g/mol. The van der Waals surface area contributed by atoms with Crippen LogP contribution in [0.2, 0.25) is 0 Å². The topological polar surface area (TPSA) is 44.5 Å². The van der Waals surface area contributed by atoms with Crippen LogP contribution in [-0.2, 0) is 11.2 Å². The highest BCUT2D eigenvalue weighted by molar-refractivity contribution is 9.10. The van der Waals surface area contributed by atoms with Crippen molar-refractivity contribution in [3.63, 3.8) is 0 Å². The fraction of sp³-hybridized carbons (Fsp3) is 0.455. The first-order chi connectivity index (χ1) is 8.42. The number of rotatable bonds is 6. The molecule has 0 amide bonds. The van der Waals surface area contributed by atoms with Crippen LogP contribution in [0, 0.1) is 0 Å². The van der Waals surface area contributed by atoms with E-state index in [1.165, 1.54) is 0 Å². The van der Waals surface area contributed by atoms with Crippen LogP contribution in [0.4, 0.5) is 13.2 Å². The average molecular weight is 328 g/mol. The lowest BCUT2D eigenvalue weighted by atomic mass is 10.1. The summed E-state index contributed by atoms with van der Waals surface area (Å²) >= 11 is 3.27. The maximum atomic E-state index is 11.8. The van der Waals surface area contributed by atoms with E-state index in [2.05, 4.69) is 20.7 Å². The van der Waals surface area contributed by atoms with Crippen LogP contribution in [0.15, 0.2) is 22.7 Å². The van der Waals surface area contributed by atoms with E-state index in [1.807, 2.05) is 6.07 Å². The van der Waals surface area contributed by atoms with E-state index >= 15 is 0 Å². The van der Waals surface area contributed by atoms with E-state index in [9.17, 15) is 13.2 Å². The van der Waals surface area contributed by atoms with Gasteiger partial charge in [-0.05, 0) is 46.6 Å². The Bertz CT molecular complexity index is 385. The van der Waals surface area contributed by atoms with E-state index in [0.717, 1.165) is 12.0 Å². The Morgan fingerprint density at radius 2 is 2.00 bits per heavy atom. The molecule has 7 heteroatoms. The van der Waals surface area contributed by atoms with Crippen molar-refractivity contribution in [2.75, 3.05) is 19.9 Å². The van der Waals surface area contributed by atoms with E-state index < -0.39 is 19.6 Å². The first-order valence-electron chi connectivity index (χ1n) is 5.18. The van der Waals surface area contributed by atoms with Crippen LogP contribution in [-0.4, -0.2) is 26.1 Å². The van der Waals surface area contributed by atoms with Crippen molar-refractivity contribution >= 4 is 15.9 Å². The minimum atomic E-state index is -4.34. The molecule has 102 valence electrons. The number of hydrogen-bond acceptors (Lipinski definition) is 3. The van der Waals surface area contributed by atoms with Crippen LogP contribution in [0.25, 0.3) is 0 Å². The van der Waals surface area contributed by atoms with Crippen LogP contribution >= 0.6 is 15.9 Å². The van der Waals surface area contributed by atoms with Crippen LogP contribution in [0.5, 0.6) is 5.75 Å². The van der Waals surface area contributed by atoms with Gasteiger partial charge in [-0.2, -0.15) is 13.2 Å². The summed E-state index contributed by atoms with van der Waals surface area (Å²) in [6.45, 7) is -1.24.